The molecule has 5 nitrogen and oxygen atoms in total. The maximum Gasteiger partial charge on any atom is 0.430 e. The fraction of sp³-hybridized carbons (Fsp3) is 0.400. The summed E-state index contributed by atoms with van der Waals surface area (Å²) in [4.78, 5) is 26.5. The topological polar surface area (TPSA) is 65.0 Å². The molecule has 0 spiro atoms. The lowest BCUT2D eigenvalue weighted by Crippen LogP contribution is -2.26. The van der Waals surface area contributed by atoms with Gasteiger partial charge in [-0.2, -0.15) is 13.2 Å². The van der Waals surface area contributed by atoms with Crippen molar-refractivity contribution in [2.45, 2.75) is 26.4 Å². The molecule has 132 valence electrons. The van der Waals surface area contributed by atoms with Crippen LogP contribution >= 0.6 is 22.6 Å². The zero-order chi connectivity index (χ0) is 18.3. The maximum absolute atomic E-state index is 13.0. The zero-order valence-corrected chi connectivity index (χ0v) is 15.1. The standard InChI is InChI=1S/C15H15F3INO4/c1-3-23-13(21)8-12(15(16,17)18)20-11-6-5-9(7-10(11)19)14(22)24-4-2/h5-7H,3-4,8H2,1-2H3. The lowest BCUT2D eigenvalue weighted by Gasteiger charge is -2.11. The number of rotatable bonds is 6. The van der Waals surface area contributed by atoms with Gasteiger partial charge in [-0.15, -0.1) is 0 Å². The Morgan fingerprint density at radius 1 is 1.17 bits per heavy atom. The second-order valence-electron chi connectivity index (χ2n) is 4.42. The number of hydrogen-bond acceptors (Lipinski definition) is 5. The first-order valence-electron chi connectivity index (χ1n) is 6.96. The minimum atomic E-state index is -4.77. The summed E-state index contributed by atoms with van der Waals surface area (Å²) in [5, 5.41) is 0. The van der Waals surface area contributed by atoms with Crippen LogP contribution in [-0.2, 0) is 14.3 Å². The second kappa shape index (κ2) is 9.00. The predicted molar refractivity (Wildman–Crippen MR) is 89.5 cm³/mol. The largest absolute Gasteiger partial charge is 0.466 e. The van der Waals surface area contributed by atoms with E-state index >= 15 is 0 Å². The number of aliphatic imine (C=N–C) groups is 1. The Labute approximate surface area is 150 Å². The van der Waals surface area contributed by atoms with E-state index in [1.54, 1.807) is 29.5 Å². The van der Waals surface area contributed by atoms with Crippen molar-refractivity contribution >= 4 is 45.9 Å². The molecule has 0 aliphatic rings. The first kappa shape index (κ1) is 20.4. The number of nitrogens with zero attached hydrogens (tertiary/aromatic N) is 1. The van der Waals surface area contributed by atoms with Crippen molar-refractivity contribution in [2.24, 2.45) is 4.99 Å². The summed E-state index contributed by atoms with van der Waals surface area (Å²) in [6.07, 6.45) is -5.75. The van der Waals surface area contributed by atoms with Crippen molar-refractivity contribution in [1.29, 1.82) is 0 Å². The van der Waals surface area contributed by atoms with E-state index in [0.29, 0.717) is 3.57 Å². The number of hydrogen-bond donors (Lipinski definition) is 0. The molecule has 0 aliphatic carbocycles. The summed E-state index contributed by atoms with van der Waals surface area (Å²) in [7, 11) is 0. The SMILES string of the molecule is CCOC(=O)CC(=Nc1ccc(C(=O)OCC)cc1I)C(F)(F)F. The predicted octanol–water partition coefficient (Wildman–Crippen LogP) is 4.06. The summed E-state index contributed by atoms with van der Waals surface area (Å²) in [5.41, 5.74) is -1.05. The molecule has 24 heavy (non-hydrogen) atoms. The molecule has 0 bridgehead atoms. The number of carbonyl (C=O) groups is 2. The third-order valence-corrected chi connectivity index (χ3v) is 3.52. The van der Waals surface area contributed by atoms with Gasteiger partial charge >= 0.3 is 18.1 Å². The highest BCUT2D eigenvalue weighted by molar-refractivity contribution is 14.1. The Balaban J connectivity index is 3.13. The van der Waals surface area contributed by atoms with Gasteiger partial charge in [0.1, 0.15) is 5.71 Å². The molecule has 0 unspecified atom stereocenters. The highest BCUT2D eigenvalue weighted by Crippen LogP contribution is 2.28. The third-order valence-electron chi connectivity index (χ3n) is 2.66. The monoisotopic (exact) mass is 457 g/mol. The van der Waals surface area contributed by atoms with Crippen molar-refractivity contribution in [3.05, 3.63) is 27.3 Å². The number of halogens is 4. The second-order valence-corrected chi connectivity index (χ2v) is 5.59. The van der Waals surface area contributed by atoms with Crippen LogP contribution in [0.15, 0.2) is 23.2 Å². The van der Waals surface area contributed by atoms with Crippen LogP contribution in [0, 0.1) is 3.57 Å². The molecule has 0 amide bonds. The highest BCUT2D eigenvalue weighted by atomic mass is 127. The molecule has 0 aromatic heterocycles. The molecule has 0 fully saturated rings. The summed E-state index contributed by atoms with van der Waals surface area (Å²) in [5.74, 6) is -1.58. The normalized spacial score (nSPS) is 12.0. The van der Waals surface area contributed by atoms with Gasteiger partial charge in [-0.25, -0.2) is 9.79 Å². The molecule has 0 aliphatic heterocycles. The zero-order valence-electron chi connectivity index (χ0n) is 12.9. The van der Waals surface area contributed by atoms with E-state index in [9.17, 15) is 22.8 Å². The van der Waals surface area contributed by atoms with Crippen molar-refractivity contribution in [1.82, 2.24) is 0 Å². The van der Waals surface area contributed by atoms with Gasteiger partial charge in [0.15, 0.2) is 0 Å². The Morgan fingerprint density at radius 2 is 1.79 bits per heavy atom. The molecule has 0 saturated heterocycles. The van der Waals surface area contributed by atoms with E-state index in [1.165, 1.54) is 25.1 Å². The summed E-state index contributed by atoms with van der Waals surface area (Å²) in [6.45, 7) is 3.31. The van der Waals surface area contributed by atoms with Gasteiger partial charge in [0.05, 0.1) is 30.9 Å². The number of esters is 2. The average molecular weight is 457 g/mol. The van der Waals surface area contributed by atoms with Gasteiger partial charge in [0, 0.05) is 3.57 Å². The first-order valence-corrected chi connectivity index (χ1v) is 8.04. The van der Waals surface area contributed by atoms with Gasteiger partial charge in [0.25, 0.3) is 0 Å². The van der Waals surface area contributed by atoms with Crippen molar-refractivity contribution < 1.29 is 32.2 Å². The van der Waals surface area contributed by atoms with Crippen LogP contribution in [0.2, 0.25) is 0 Å². The fourth-order valence-electron chi connectivity index (χ4n) is 1.64. The first-order chi connectivity index (χ1) is 11.2. The molecule has 0 radical (unpaired) electrons. The molecule has 1 aromatic rings. The maximum atomic E-state index is 13.0. The fourth-order valence-corrected chi connectivity index (χ4v) is 2.27. The van der Waals surface area contributed by atoms with E-state index in [0.717, 1.165) is 0 Å². The number of benzene rings is 1. The smallest absolute Gasteiger partial charge is 0.430 e. The number of carbonyl (C=O) groups excluding carboxylic acids is 2. The van der Waals surface area contributed by atoms with E-state index in [4.69, 9.17) is 4.74 Å². The molecule has 0 heterocycles. The third kappa shape index (κ3) is 6.10. The molecular formula is C15H15F3INO4. The van der Waals surface area contributed by atoms with Crippen molar-refractivity contribution in [2.75, 3.05) is 13.2 Å². The lowest BCUT2D eigenvalue weighted by molar-refractivity contribution is -0.142. The van der Waals surface area contributed by atoms with Gasteiger partial charge in [0.2, 0.25) is 0 Å². The quantitative estimate of drug-likeness (QED) is 0.368. The Kier molecular flexibility index (Phi) is 7.64. The minimum absolute atomic E-state index is 0.000252. The molecule has 1 aromatic carbocycles. The summed E-state index contributed by atoms with van der Waals surface area (Å²) in [6, 6.07) is 3.96. The van der Waals surface area contributed by atoms with Gasteiger partial charge in [-0.1, -0.05) is 0 Å². The molecule has 0 saturated carbocycles. The van der Waals surface area contributed by atoms with Crippen LogP contribution < -0.4 is 0 Å². The van der Waals surface area contributed by atoms with Crippen molar-refractivity contribution in [3.8, 4) is 0 Å². The van der Waals surface area contributed by atoms with E-state index in [1.807, 2.05) is 0 Å². The minimum Gasteiger partial charge on any atom is -0.466 e. The summed E-state index contributed by atoms with van der Waals surface area (Å²) < 4.78 is 48.8. The van der Waals surface area contributed by atoms with Crippen LogP contribution in [0.3, 0.4) is 0 Å². The van der Waals surface area contributed by atoms with Crippen LogP contribution in [0.4, 0.5) is 18.9 Å². The summed E-state index contributed by atoms with van der Waals surface area (Å²) >= 11 is 1.76. The van der Waals surface area contributed by atoms with Crippen molar-refractivity contribution in [3.63, 3.8) is 0 Å². The van der Waals surface area contributed by atoms with Crippen LogP contribution in [0.5, 0.6) is 0 Å². The molecule has 0 N–H and O–H groups in total. The number of ether oxygens (including phenoxy) is 2. The molecule has 0 atom stereocenters. The molecular weight excluding hydrogens is 442 g/mol. The highest BCUT2D eigenvalue weighted by Gasteiger charge is 2.37. The van der Waals surface area contributed by atoms with E-state index < -0.39 is 30.2 Å². The van der Waals surface area contributed by atoms with Gasteiger partial charge in [-0.3, -0.25) is 4.79 Å². The average Bonchev–Trinajstić information content (AvgIpc) is 2.47. The van der Waals surface area contributed by atoms with Gasteiger partial charge in [-0.05, 0) is 54.6 Å². The van der Waals surface area contributed by atoms with Crippen LogP contribution in [-0.4, -0.2) is 37.0 Å². The van der Waals surface area contributed by atoms with Crippen LogP contribution in [0.25, 0.3) is 0 Å². The molecule has 9 heteroatoms. The number of alkyl halides is 3. The van der Waals surface area contributed by atoms with E-state index in [-0.39, 0.29) is 24.5 Å². The van der Waals surface area contributed by atoms with E-state index in [2.05, 4.69) is 9.73 Å². The van der Waals surface area contributed by atoms with Gasteiger partial charge < -0.3 is 9.47 Å². The Bertz CT molecular complexity index is 644. The molecule has 1 rings (SSSR count). The Morgan fingerprint density at radius 3 is 2.29 bits per heavy atom. The van der Waals surface area contributed by atoms with Crippen LogP contribution in [0.1, 0.15) is 30.6 Å². The Hall–Kier alpha value is -1.65. The lowest BCUT2D eigenvalue weighted by atomic mass is 10.2.